The molecule has 0 saturated carbocycles. The topological polar surface area (TPSA) is 53.1 Å². The van der Waals surface area contributed by atoms with Gasteiger partial charge < -0.3 is 14.5 Å². The first-order chi connectivity index (χ1) is 13.2. The lowest BCUT2D eigenvalue weighted by Crippen LogP contribution is -2.52. The van der Waals surface area contributed by atoms with Gasteiger partial charge in [0.05, 0.1) is 13.2 Å². The number of para-hydroxylation sites is 1. The molecule has 6 heteroatoms. The van der Waals surface area contributed by atoms with E-state index in [4.69, 9.17) is 4.74 Å². The van der Waals surface area contributed by atoms with E-state index >= 15 is 0 Å². The van der Waals surface area contributed by atoms with E-state index in [9.17, 15) is 9.59 Å². The summed E-state index contributed by atoms with van der Waals surface area (Å²) in [6.45, 7) is 5.85. The first-order valence-electron chi connectivity index (χ1n) is 10.2. The summed E-state index contributed by atoms with van der Waals surface area (Å²) in [5.74, 6) is 1.28. The minimum absolute atomic E-state index is 0.189. The van der Waals surface area contributed by atoms with E-state index in [0.29, 0.717) is 32.7 Å². The Kier molecular flexibility index (Phi) is 7.51. The van der Waals surface area contributed by atoms with Gasteiger partial charge in [-0.3, -0.25) is 14.5 Å². The smallest absolute Gasteiger partial charge is 0.236 e. The van der Waals surface area contributed by atoms with Crippen LogP contribution >= 0.6 is 0 Å². The van der Waals surface area contributed by atoms with E-state index in [2.05, 4.69) is 4.90 Å². The second-order valence-electron chi connectivity index (χ2n) is 7.36. The largest absolute Gasteiger partial charge is 0.494 e. The molecule has 3 rings (SSSR count). The lowest BCUT2D eigenvalue weighted by Gasteiger charge is -2.36. The average molecular weight is 373 g/mol. The van der Waals surface area contributed by atoms with Crippen molar-refractivity contribution in [2.45, 2.75) is 32.1 Å². The molecular formula is C21H31N3O3. The van der Waals surface area contributed by atoms with Gasteiger partial charge in [0.15, 0.2) is 0 Å². The molecule has 0 spiro atoms. The molecule has 0 radical (unpaired) electrons. The minimum Gasteiger partial charge on any atom is -0.494 e. The van der Waals surface area contributed by atoms with Crippen molar-refractivity contribution in [1.82, 2.24) is 14.7 Å². The fraction of sp³-hybridized carbons (Fsp3) is 0.619. The number of benzene rings is 1. The molecule has 2 aliphatic heterocycles. The van der Waals surface area contributed by atoms with Gasteiger partial charge in [-0.25, -0.2) is 0 Å². The fourth-order valence-electron chi connectivity index (χ4n) is 3.68. The second kappa shape index (κ2) is 10.3. The third-order valence-corrected chi connectivity index (χ3v) is 5.34. The Balaban J connectivity index is 1.30. The highest BCUT2D eigenvalue weighted by Crippen LogP contribution is 2.12. The fourth-order valence-corrected chi connectivity index (χ4v) is 3.68. The molecule has 0 atom stereocenters. The van der Waals surface area contributed by atoms with Crippen LogP contribution < -0.4 is 4.74 Å². The van der Waals surface area contributed by atoms with Crippen LogP contribution in [-0.4, -0.2) is 78.9 Å². The summed E-state index contributed by atoms with van der Waals surface area (Å²) >= 11 is 0. The van der Waals surface area contributed by atoms with Gasteiger partial charge in [0.2, 0.25) is 11.8 Å². The van der Waals surface area contributed by atoms with Gasteiger partial charge in [-0.15, -0.1) is 0 Å². The van der Waals surface area contributed by atoms with Crippen molar-refractivity contribution < 1.29 is 14.3 Å². The van der Waals surface area contributed by atoms with Crippen LogP contribution in [0.5, 0.6) is 5.75 Å². The normalized spacial score (nSPS) is 18.4. The first kappa shape index (κ1) is 19.7. The van der Waals surface area contributed by atoms with Gasteiger partial charge in [-0.1, -0.05) is 18.2 Å². The van der Waals surface area contributed by atoms with Crippen molar-refractivity contribution in [2.24, 2.45) is 0 Å². The SMILES string of the molecule is O=C(CCCOc1ccccc1)N1CCN(CC(=O)N2CCCCC2)CC1. The summed E-state index contributed by atoms with van der Waals surface area (Å²) in [5, 5.41) is 0. The molecule has 0 aliphatic carbocycles. The van der Waals surface area contributed by atoms with Gasteiger partial charge >= 0.3 is 0 Å². The van der Waals surface area contributed by atoms with Crippen molar-refractivity contribution in [3.63, 3.8) is 0 Å². The van der Waals surface area contributed by atoms with E-state index in [0.717, 1.165) is 51.2 Å². The number of likely N-dealkylation sites (tertiary alicyclic amines) is 1. The van der Waals surface area contributed by atoms with Gasteiger partial charge in [-0.05, 0) is 37.8 Å². The van der Waals surface area contributed by atoms with Crippen LogP contribution in [-0.2, 0) is 9.59 Å². The molecule has 148 valence electrons. The Hall–Kier alpha value is -2.08. The Morgan fingerprint density at radius 3 is 2.19 bits per heavy atom. The number of carbonyl (C=O) groups is 2. The maximum Gasteiger partial charge on any atom is 0.236 e. The van der Waals surface area contributed by atoms with E-state index in [1.165, 1.54) is 6.42 Å². The highest BCUT2D eigenvalue weighted by Gasteiger charge is 2.24. The van der Waals surface area contributed by atoms with E-state index in [1.807, 2.05) is 40.1 Å². The summed E-state index contributed by atoms with van der Waals surface area (Å²) in [7, 11) is 0. The zero-order chi connectivity index (χ0) is 18.9. The Morgan fingerprint density at radius 2 is 1.48 bits per heavy atom. The monoisotopic (exact) mass is 373 g/mol. The summed E-state index contributed by atoms with van der Waals surface area (Å²) < 4.78 is 5.64. The predicted molar refractivity (Wildman–Crippen MR) is 105 cm³/mol. The molecule has 2 saturated heterocycles. The molecule has 6 nitrogen and oxygen atoms in total. The number of piperidine rings is 1. The van der Waals surface area contributed by atoms with E-state index < -0.39 is 0 Å². The van der Waals surface area contributed by atoms with Crippen molar-refractivity contribution in [1.29, 1.82) is 0 Å². The summed E-state index contributed by atoms with van der Waals surface area (Å²) in [5.41, 5.74) is 0. The number of nitrogens with zero attached hydrogens (tertiary/aromatic N) is 3. The number of amides is 2. The zero-order valence-corrected chi connectivity index (χ0v) is 16.1. The molecule has 0 aromatic heterocycles. The zero-order valence-electron chi connectivity index (χ0n) is 16.1. The third kappa shape index (κ3) is 6.24. The van der Waals surface area contributed by atoms with Crippen molar-refractivity contribution >= 4 is 11.8 Å². The molecule has 0 N–H and O–H groups in total. The Labute approximate surface area is 162 Å². The predicted octanol–water partition coefficient (Wildman–Crippen LogP) is 2.00. The Morgan fingerprint density at radius 1 is 0.815 bits per heavy atom. The van der Waals surface area contributed by atoms with Crippen LogP contribution in [0.2, 0.25) is 0 Å². The number of ether oxygens (including phenoxy) is 1. The number of rotatable bonds is 7. The van der Waals surface area contributed by atoms with Crippen LogP contribution in [0, 0.1) is 0 Å². The Bertz CT molecular complexity index is 594. The molecule has 1 aromatic rings. The number of hydrogen-bond acceptors (Lipinski definition) is 4. The van der Waals surface area contributed by atoms with Gasteiger partial charge in [0, 0.05) is 45.7 Å². The van der Waals surface area contributed by atoms with Gasteiger partial charge in [0.25, 0.3) is 0 Å². The number of piperazine rings is 1. The van der Waals surface area contributed by atoms with Gasteiger partial charge in [0.1, 0.15) is 5.75 Å². The molecule has 0 unspecified atom stereocenters. The average Bonchev–Trinajstić information content (AvgIpc) is 2.73. The van der Waals surface area contributed by atoms with Crippen molar-refractivity contribution in [3.8, 4) is 5.75 Å². The molecule has 2 heterocycles. The standard InChI is InChI=1S/C21H31N3O3/c25-20(10-7-17-27-19-8-3-1-4-9-19)24-15-13-22(14-16-24)18-21(26)23-11-5-2-6-12-23/h1,3-4,8-9H,2,5-7,10-18H2. The van der Waals surface area contributed by atoms with Crippen LogP contribution in [0.15, 0.2) is 30.3 Å². The molecule has 1 aromatic carbocycles. The second-order valence-corrected chi connectivity index (χ2v) is 7.36. The lowest BCUT2D eigenvalue weighted by atomic mass is 10.1. The molecule has 2 amide bonds. The lowest BCUT2D eigenvalue weighted by molar-refractivity contribution is -0.135. The summed E-state index contributed by atoms with van der Waals surface area (Å²) in [6.07, 6.45) is 4.73. The maximum absolute atomic E-state index is 12.4. The molecule has 2 fully saturated rings. The van der Waals surface area contributed by atoms with Crippen LogP contribution in [0.4, 0.5) is 0 Å². The van der Waals surface area contributed by atoms with Crippen LogP contribution in [0.3, 0.4) is 0 Å². The highest BCUT2D eigenvalue weighted by atomic mass is 16.5. The molecule has 2 aliphatic rings. The molecule has 27 heavy (non-hydrogen) atoms. The highest BCUT2D eigenvalue weighted by molar-refractivity contribution is 5.78. The van der Waals surface area contributed by atoms with Gasteiger partial charge in [-0.2, -0.15) is 0 Å². The third-order valence-electron chi connectivity index (χ3n) is 5.34. The quantitative estimate of drug-likeness (QED) is 0.686. The van der Waals surface area contributed by atoms with E-state index in [-0.39, 0.29) is 11.8 Å². The number of hydrogen-bond donors (Lipinski definition) is 0. The number of carbonyl (C=O) groups excluding carboxylic acids is 2. The van der Waals surface area contributed by atoms with Crippen LogP contribution in [0.25, 0.3) is 0 Å². The van der Waals surface area contributed by atoms with Crippen LogP contribution in [0.1, 0.15) is 32.1 Å². The van der Waals surface area contributed by atoms with Crippen molar-refractivity contribution in [2.75, 3.05) is 52.4 Å². The molecular weight excluding hydrogens is 342 g/mol. The first-order valence-corrected chi connectivity index (χ1v) is 10.2. The maximum atomic E-state index is 12.4. The van der Waals surface area contributed by atoms with E-state index in [1.54, 1.807) is 0 Å². The molecule has 0 bridgehead atoms. The van der Waals surface area contributed by atoms with Crippen molar-refractivity contribution in [3.05, 3.63) is 30.3 Å². The summed E-state index contributed by atoms with van der Waals surface area (Å²) in [4.78, 5) is 30.8. The summed E-state index contributed by atoms with van der Waals surface area (Å²) in [6, 6.07) is 9.68. The minimum atomic E-state index is 0.189.